The third kappa shape index (κ3) is 2.58. The third-order valence-electron chi connectivity index (χ3n) is 3.70. The maximum Gasteiger partial charge on any atom is 0.129 e. The molecule has 0 spiro atoms. The Labute approximate surface area is 136 Å². The van der Waals surface area contributed by atoms with Crippen molar-refractivity contribution in [1.82, 2.24) is 0 Å². The van der Waals surface area contributed by atoms with Gasteiger partial charge < -0.3 is 0 Å². The largest absolute Gasteiger partial charge is 0.207 e. The first-order valence-electron chi connectivity index (χ1n) is 6.66. The minimum atomic E-state index is -0.295. The van der Waals surface area contributed by atoms with Crippen LogP contribution in [0.4, 0.5) is 4.39 Å². The number of hydrogen-bond donors (Lipinski definition) is 0. The van der Waals surface area contributed by atoms with Crippen LogP contribution in [0.25, 0.3) is 10.8 Å². The van der Waals surface area contributed by atoms with Crippen molar-refractivity contribution in [2.24, 2.45) is 0 Å². The molecule has 3 aromatic rings. The van der Waals surface area contributed by atoms with Crippen molar-refractivity contribution in [1.29, 1.82) is 0 Å². The molecule has 0 bridgehead atoms. The van der Waals surface area contributed by atoms with E-state index in [9.17, 15) is 4.39 Å². The van der Waals surface area contributed by atoms with Gasteiger partial charge in [-0.25, -0.2) is 4.39 Å². The van der Waals surface area contributed by atoms with Crippen molar-refractivity contribution in [3.8, 4) is 0 Å². The smallest absolute Gasteiger partial charge is 0.129 e. The van der Waals surface area contributed by atoms with Crippen molar-refractivity contribution < 1.29 is 4.39 Å². The summed E-state index contributed by atoms with van der Waals surface area (Å²) in [6.45, 7) is 2.03. The van der Waals surface area contributed by atoms with Crippen LogP contribution in [-0.2, 0) is 0 Å². The van der Waals surface area contributed by atoms with Crippen LogP contribution in [0, 0.1) is 12.7 Å². The fourth-order valence-corrected chi connectivity index (χ4v) is 4.12. The summed E-state index contributed by atoms with van der Waals surface area (Å²) in [5.74, 6) is -0.295. The van der Waals surface area contributed by atoms with Crippen LogP contribution in [0.1, 0.15) is 21.5 Å². The van der Waals surface area contributed by atoms with Crippen molar-refractivity contribution in [2.75, 3.05) is 0 Å². The standard InChI is InChI=1S/C18H13BrClF/c1-11-9-10-12-5-2-3-6-13(12)16(11)18(19)17-14(20)7-4-8-15(17)21/h2-10,18H,1H3. The molecule has 1 unspecified atom stereocenters. The Bertz CT molecular complexity index is 793. The second-order valence-electron chi connectivity index (χ2n) is 5.02. The lowest BCUT2D eigenvalue weighted by atomic mass is 9.94. The molecule has 106 valence electrons. The van der Waals surface area contributed by atoms with Gasteiger partial charge in [-0.3, -0.25) is 0 Å². The number of aryl methyl sites for hydroxylation is 1. The molecule has 0 aromatic heterocycles. The van der Waals surface area contributed by atoms with E-state index in [1.54, 1.807) is 12.1 Å². The van der Waals surface area contributed by atoms with Gasteiger partial charge in [0.15, 0.2) is 0 Å². The summed E-state index contributed by atoms with van der Waals surface area (Å²) in [5.41, 5.74) is 2.65. The van der Waals surface area contributed by atoms with Crippen LogP contribution in [-0.4, -0.2) is 0 Å². The molecule has 3 heteroatoms. The van der Waals surface area contributed by atoms with E-state index in [4.69, 9.17) is 11.6 Å². The minimum Gasteiger partial charge on any atom is -0.207 e. The third-order valence-corrected chi connectivity index (χ3v) is 4.94. The monoisotopic (exact) mass is 362 g/mol. The molecule has 3 rings (SSSR count). The SMILES string of the molecule is Cc1ccc2ccccc2c1C(Br)c1c(F)cccc1Cl. The highest BCUT2D eigenvalue weighted by Gasteiger charge is 2.21. The van der Waals surface area contributed by atoms with E-state index in [1.807, 2.05) is 19.1 Å². The average molecular weight is 364 g/mol. The first-order valence-corrected chi connectivity index (χ1v) is 7.95. The second kappa shape index (κ2) is 5.78. The number of alkyl halides is 1. The fraction of sp³-hybridized carbons (Fsp3) is 0.111. The van der Waals surface area contributed by atoms with E-state index in [2.05, 4.69) is 40.2 Å². The Morgan fingerprint density at radius 3 is 2.48 bits per heavy atom. The highest BCUT2D eigenvalue weighted by atomic mass is 79.9. The van der Waals surface area contributed by atoms with E-state index in [0.29, 0.717) is 10.6 Å². The summed E-state index contributed by atoms with van der Waals surface area (Å²) in [5, 5.41) is 2.68. The molecule has 0 fully saturated rings. The first kappa shape index (κ1) is 14.6. The molecule has 0 radical (unpaired) electrons. The van der Waals surface area contributed by atoms with Gasteiger partial charge in [-0.05, 0) is 41.0 Å². The van der Waals surface area contributed by atoms with Crippen LogP contribution >= 0.6 is 27.5 Å². The van der Waals surface area contributed by atoms with Gasteiger partial charge in [0.25, 0.3) is 0 Å². The molecule has 0 saturated carbocycles. The van der Waals surface area contributed by atoms with Gasteiger partial charge in [-0.15, -0.1) is 0 Å². The Balaban J connectivity index is 2.27. The highest BCUT2D eigenvalue weighted by molar-refractivity contribution is 9.09. The van der Waals surface area contributed by atoms with Crippen molar-refractivity contribution in [3.63, 3.8) is 0 Å². The summed E-state index contributed by atoms with van der Waals surface area (Å²) < 4.78 is 14.2. The lowest BCUT2D eigenvalue weighted by Crippen LogP contribution is -2.01. The Hall–Kier alpha value is -1.38. The van der Waals surface area contributed by atoms with Crippen LogP contribution in [0.2, 0.25) is 5.02 Å². The number of rotatable bonds is 2. The molecular formula is C18H13BrClF. The van der Waals surface area contributed by atoms with E-state index in [0.717, 1.165) is 21.9 Å². The van der Waals surface area contributed by atoms with Crippen LogP contribution in [0.15, 0.2) is 54.6 Å². The quantitative estimate of drug-likeness (QED) is 0.460. The van der Waals surface area contributed by atoms with E-state index >= 15 is 0 Å². The lowest BCUT2D eigenvalue weighted by molar-refractivity contribution is 0.614. The van der Waals surface area contributed by atoms with Gasteiger partial charge in [0.2, 0.25) is 0 Å². The molecule has 0 N–H and O–H groups in total. The molecule has 0 amide bonds. The van der Waals surface area contributed by atoms with Crippen molar-refractivity contribution >= 4 is 38.3 Å². The second-order valence-corrected chi connectivity index (χ2v) is 6.34. The minimum absolute atomic E-state index is 0.280. The van der Waals surface area contributed by atoms with Gasteiger partial charge >= 0.3 is 0 Å². The zero-order valence-electron chi connectivity index (χ0n) is 11.4. The maximum atomic E-state index is 14.2. The highest BCUT2D eigenvalue weighted by Crippen LogP contribution is 2.41. The lowest BCUT2D eigenvalue weighted by Gasteiger charge is -2.18. The van der Waals surface area contributed by atoms with Crippen LogP contribution in [0.5, 0.6) is 0 Å². The molecule has 0 nitrogen and oxygen atoms in total. The Morgan fingerprint density at radius 2 is 1.71 bits per heavy atom. The first-order chi connectivity index (χ1) is 10.1. The Morgan fingerprint density at radius 1 is 0.952 bits per heavy atom. The van der Waals surface area contributed by atoms with Crippen molar-refractivity contribution in [2.45, 2.75) is 11.8 Å². The molecule has 0 aliphatic carbocycles. The number of hydrogen-bond acceptors (Lipinski definition) is 0. The summed E-state index contributed by atoms with van der Waals surface area (Å²) in [4.78, 5) is -0.280. The molecule has 0 aliphatic heterocycles. The van der Waals surface area contributed by atoms with Crippen molar-refractivity contribution in [3.05, 3.63) is 82.1 Å². The van der Waals surface area contributed by atoms with Gasteiger partial charge in [0, 0.05) is 10.6 Å². The molecule has 0 heterocycles. The number of benzene rings is 3. The van der Waals surface area contributed by atoms with Gasteiger partial charge in [0.05, 0.1) is 4.83 Å². The maximum absolute atomic E-state index is 14.2. The van der Waals surface area contributed by atoms with E-state index < -0.39 is 0 Å². The van der Waals surface area contributed by atoms with Crippen LogP contribution < -0.4 is 0 Å². The van der Waals surface area contributed by atoms with E-state index in [-0.39, 0.29) is 10.6 Å². The normalized spacial score (nSPS) is 12.6. The van der Waals surface area contributed by atoms with E-state index in [1.165, 1.54) is 6.07 Å². The molecule has 1 atom stereocenters. The zero-order chi connectivity index (χ0) is 15.0. The van der Waals surface area contributed by atoms with Gasteiger partial charge in [-0.1, -0.05) is 70.0 Å². The summed E-state index contributed by atoms with van der Waals surface area (Å²) >= 11 is 9.85. The predicted molar refractivity (Wildman–Crippen MR) is 90.9 cm³/mol. The summed E-state index contributed by atoms with van der Waals surface area (Å²) in [6.07, 6.45) is 0. The molecule has 3 aromatic carbocycles. The fourth-order valence-electron chi connectivity index (χ4n) is 2.64. The molecule has 21 heavy (non-hydrogen) atoms. The Kier molecular flexibility index (Phi) is 4.01. The number of halogens is 3. The molecule has 0 aliphatic rings. The topological polar surface area (TPSA) is 0 Å². The average Bonchev–Trinajstić information content (AvgIpc) is 2.46. The van der Waals surface area contributed by atoms with Crippen LogP contribution in [0.3, 0.4) is 0 Å². The number of fused-ring (bicyclic) bond motifs is 1. The summed E-state index contributed by atoms with van der Waals surface area (Å²) in [7, 11) is 0. The summed E-state index contributed by atoms with van der Waals surface area (Å²) in [6, 6.07) is 17.0. The zero-order valence-corrected chi connectivity index (χ0v) is 13.7. The van der Waals surface area contributed by atoms with Gasteiger partial charge in [0.1, 0.15) is 5.82 Å². The molecular weight excluding hydrogens is 351 g/mol. The van der Waals surface area contributed by atoms with Gasteiger partial charge in [-0.2, -0.15) is 0 Å². The molecule has 0 saturated heterocycles. The predicted octanol–water partition coefficient (Wildman–Crippen LogP) is 6.43.